The van der Waals surface area contributed by atoms with Crippen molar-refractivity contribution in [2.24, 2.45) is 0 Å². The molecule has 1 aliphatic rings. The van der Waals surface area contributed by atoms with Crippen LogP contribution in [0.15, 0.2) is 0 Å². The van der Waals surface area contributed by atoms with Gasteiger partial charge in [0.05, 0.1) is 0 Å². The Bertz CT molecular complexity index is 80.5. The molecule has 0 aromatic rings. The second kappa shape index (κ2) is 3.26. The summed E-state index contributed by atoms with van der Waals surface area (Å²) in [4.78, 5) is 10.7. The van der Waals surface area contributed by atoms with Crippen LogP contribution in [-0.4, -0.2) is 19.6 Å². The van der Waals surface area contributed by atoms with Gasteiger partial charge in [-0.05, 0) is 0 Å². The number of carbonyl (C=O) groups is 1. The summed E-state index contributed by atoms with van der Waals surface area (Å²) >= 11 is 0.358. The first kappa shape index (κ1) is 6.31. The third kappa shape index (κ3) is 1.97. The number of rotatable bonds is 0. The van der Waals surface area contributed by atoms with Gasteiger partial charge in [0.25, 0.3) is 0 Å². The molecule has 0 spiro atoms. The van der Waals surface area contributed by atoms with E-state index in [-0.39, 0.29) is 0 Å². The van der Waals surface area contributed by atoms with Gasteiger partial charge in [-0.2, -0.15) is 0 Å². The average molecular weight is 177 g/mol. The Hall–Kier alpha value is 0.189. The van der Waals surface area contributed by atoms with Gasteiger partial charge in [0.15, 0.2) is 0 Å². The van der Waals surface area contributed by atoms with Crippen molar-refractivity contribution in [1.82, 2.24) is 0 Å². The SMILES string of the molecule is O=C1CCCCC[Se]1. The molecule has 0 radical (unpaired) electrons. The molecule has 0 saturated carbocycles. The van der Waals surface area contributed by atoms with Gasteiger partial charge in [-0.3, -0.25) is 0 Å². The van der Waals surface area contributed by atoms with Crippen LogP contribution in [0.4, 0.5) is 0 Å². The van der Waals surface area contributed by atoms with E-state index in [1.54, 1.807) is 0 Å². The Morgan fingerprint density at radius 1 is 1.25 bits per heavy atom. The third-order valence-corrected chi connectivity index (χ3v) is 3.43. The standard InChI is InChI=1S/C6H10OSe/c7-6-4-2-1-3-5-8-6/h1-5H2. The molecule has 0 aliphatic carbocycles. The predicted octanol–water partition coefficient (Wildman–Crippen LogP) is 1.21. The Labute approximate surface area is 56.0 Å². The van der Waals surface area contributed by atoms with Gasteiger partial charge in [-0.1, -0.05) is 0 Å². The van der Waals surface area contributed by atoms with Crippen LogP contribution in [0.1, 0.15) is 25.7 Å². The zero-order valence-corrected chi connectivity index (χ0v) is 6.57. The molecule has 0 unspecified atom stereocenters. The Morgan fingerprint density at radius 3 is 3.00 bits per heavy atom. The summed E-state index contributed by atoms with van der Waals surface area (Å²) in [7, 11) is 0. The minimum atomic E-state index is 0.358. The zero-order chi connectivity index (χ0) is 5.82. The summed E-state index contributed by atoms with van der Waals surface area (Å²) in [6, 6.07) is 0. The van der Waals surface area contributed by atoms with E-state index in [2.05, 4.69) is 0 Å². The molecule has 0 N–H and O–H groups in total. The maximum absolute atomic E-state index is 10.7. The van der Waals surface area contributed by atoms with Gasteiger partial charge in [0, 0.05) is 0 Å². The second-order valence-corrected chi connectivity index (χ2v) is 4.45. The van der Waals surface area contributed by atoms with E-state index < -0.39 is 0 Å². The molecule has 1 saturated heterocycles. The molecule has 0 amide bonds. The summed E-state index contributed by atoms with van der Waals surface area (Å²) < 4.78 is 0.537. The molecular formula is C6H10OSe. The monoisotopic (exact) mass is 178 g/mol. The first-order valence-corrected chi connectivity index (χ1v) is 5.12. The quantitative estimate of drug-likeness (QED) is 0.508. The maximum atomic E-state index is 10.7. The van der Waals surface area contributed by atoms with Crippen molar-refractivity contribution < 1.29 is 4.79 Å². The van der Waals surface area contributed by atoms with Crippen LogP contribution in [0, 0.1) is 0 Å². The second-order valence-electron chi connectivity index (χ2n) is 2.03. The number of hydrogen-bond acceptors (Lipinski definition) is 1. The Kier molecular flexibility index (Phi) is 2.57. The minimum absolute atomic E-state index is 0.358. The first-order valence-electron chi connectivity index (χ1n) is 3.05. The molecule has 0 aromatic carbocycles. The van der Waals surface area contributed by atoms with Crippen molar-refractivity contribution in [3.63, 3.8) is 0 Å². The van der Waals surface area contributed by atoms with Crippen molar-refractivity contribution in [2.75, 3.05) is 0 Å². The Balaban J connectivity index is 2.27. The molecule has 0 bridgehead atoms. The summed E-state index contributed by atoms with van der Waals surface area (Å²) in [5, 5.41) is 1.20. The third-order valence-electron chi connectivity index (χ3n) is 1.29. The van der Waals surface area contributed by atoms with Crippen molar-refractivity contribution in [3.05, 3.63) is 0 Å². The van der Waals surface area contributed by atoms with Gasteiger partial charge < -0.3 is 0 Å². The van der Waals surface area contributed by atoms with Crippen molar-refractivity contribution in [2.45, 2.75) is 31.0 Å². The molecule has 0 atom stereocenters. The topological polar surface area (TPSA) is 17.1 Å². The molecule has 1 heterocycles. The normalized spacial score (nSPS) is 22.8. The summed E-state index contributed by atoms with van der Waals surface area (Å²) in [5.74, 6) is 0. The fourth-order valence-electron chi connectivity index (χ4n) is 0.806. The van der Waals surface area contributed by atoms with Crippen LogP contribution in [0.25, 0.3) is 0 Å². The zero-order valence-electron chi connectivity index (χ0n) is 4.85. The van der Waals surface area contributed by atoms with Crippen LogP contribution in [0.3, 0.4) is 0 Å². The number of carbonyl (C=O) groups excluding carboxylic acids is 1. The van der Waals surface area contributed by atoms with E-state index in [1.165, 1.54) is 18.2 Å². The molecule has 1 nitrogen and oxygen atoms in total. The molecule has 0 aromatic heterocycles. The fourth-order valence-corrected chi connectivity index (χ4v) is 2.62. The molecule has 46 valence electrons. The molecule has 2 heteroatoms. The summed E-state index contributed by atoms with van der Waals surface area (Å²) in [6.07, 6.45) is 4.61. The number of hydrogen-bond donors (Lipinski definition) is 0. The van der Waals surface area contributed by atoms with E-state index in [1.807, 2.05) is 0 Å². The van der Waals surface area contributed by atoms with Crippen molar-refractivity contribution in [3.8, 4) is 0 Å². The summed E-state index contributed by atoms with van der Waals surface area (Å²) in [5.41, 5.74) is 0. The van der Waals surface area contributed by atoms with Crippen LogP contribution >= 0.6 is 0 Å². The van der Waals surface area contributed by atoms with E-state index >= 15 is 0 Å². The molecule has 1 aliphatic heterocycles. The van der Waals surface area contributed by atoms with Crippen LogP contribution in [-0.2, 0) is 4.79 Å². The van der Waals surface area contributed by atoms with Crippen LogP contribution in [0.2, 0.25) is 5.32 Å². The van der Waals surface area contributed by atoms with Gasteiger partial charge in [-0.15, -0.1) is 0 Å². The molecule has 1 fully saturated rings. The van der Waals surface area contributed by atoms with Crippen LogP contribution in [0.5, 0.6) is 0 Å². The van der Waals surface area contributed by atoms with Crippen molar-refractivity contribution >= 4 is 19.6 Å². The van der Waals surface area contributed by atoms with E-state index in [4.69, 9.17) is 0 Å². The van der Waals surface area contributed by atoms with E-state index in [0.29, 0.717) is 19.6 Å². The Morgan fingerprint density at radius 2 is 2.12 bits per heavy atom. The van der Waals surface area contributed by atoms with Gasteiger partial charge in [0.2, 0.25) is 0 Å². The first-order chi connectivity index (χ1) is 3.89. The molecule has 8 heavy (non-hydrogen) atoms. The van der Waals surface area contributed by atoms with Gasteiger partial charge in [0.1, 0.15) is 0 Å². The summed E-state index contributed by atoms with van der Waals surface area (Å²) in [6.45, 7) is 0. The predicted molar refractivity (Wildman–Crippen MR) is 34.0 cm³/mol. The van der Waals surface area contributed by atoms with E-state index in [9.17, 15) is 4.79 Å². The molecular weight excluding hydrogens is 167 g/mol. The fraction of sp³-hybridized carbons (Fsp3) is 0.833. The molecule has 1 rings (SSSR count). The van der Waals surface area contributed by atoms with Gasteiger partial charge in [-0.25, -0.2) is 0 Å². The van der Waals surface area contributed by atoms with Crippen LogP contribution < -0.4 is 0 Å². The average Bonchev–Trinajstić information content (AvgIpc) is 1.94. The van der Waals surface area contributed by atoms with Crippen molar-refractivity contribution in [1.29, 1.82) is 0 Å². The van der Waals surface area contributed by atoms with E-state index in [0.717, 1.165) is 12.8 Å². The van der Waals surface area contributed by atoms with Gasteiger partial charge >= 0.3 is 55.4 Å².